The van der Waals surface area contributed by atoms with Crippen LogP contribution in [0.1, 0.15) is 6.92 Å². The van der Waals surface area contributed by atoms with Gasteiger partial charge in [0, 0.05) is 15.5 Å². The van der Waals surface area contributed by atoms with Crippen molar-refractivity contribution in [2.75, 3.05) is 17.2 Å². The van der Waals surface area contributed by atoms with Gasteiger partial charge >= 0.3 is 0 Å². The fourth-order valence-corrected chi connectivity index (χ4v) is 3.51. The van der Waals surface area contributed by atoms with Crippen LogP contribution in [0.15, 0.2) is 88.7 Å². The molecular weight excluding hydrogens is 360 g/mol. The molecule has 0 saturated carbocycles. The summed E-state index contributed by atoms with van der Waals surface area (Å²) in [6, 6.07) is 26.2. The Balaban J connectivity index is 1.65. The predicted octanol–water partition coefficient (Wildman–Crippen LogP) is 6.05. The minimum Gasteiger partial charge on any atom is -0.494 e. The zero-order valence-corrected chi connectivity index (χ0v) is 16.1. The molecule has 0 atom stereocenters. The average Bonchev–Trinajstić information content (AvgIpc) is 2.66. The van der Waals surface area contributed by atoms with E-state index < -0.39 is 0 Å². The Morgan fingerprint density at radius 2 is 1.58 bits per heavy atom. The van der Waals surface area contributed by atoms with Crippen LogP contribution in [-0.2, 0) is 0 Å². The monoisotopic (exact) mass is 380 g/mol. The molecule has 2 N–H and O–H groups in total. The molecule has 3 nitrogen and oxygen atoms in total. The van der Waals surface area contributed by atoms with E-state index in [1.165, 1.54) is 4.90 Å². The summed E-state index contributed by atoms with van der Waals surface area (Å²) in [7, 11) is 0. The van der Waals surface area contributed by atoms with E-state index >= 15 is 0 Å². The van der Waals surface area contributed by atoms with Crippen molar-refractivity contribution in [2.24, 2.45) is 0 Å². The first-order valence-corrected chi connectivity index (χ1v) is 9.60. The largest absolute Gasteiger partial charge is 0.494 e. The highest BCUT2D eigenvalue weighted by Crippen LogP contribution is 2.33. The van der Waals surface area contributed by atoms with Gasteiger partial charge in [-0.25, -0.2) is 0 Å². The first-order valence-electron chi connectivity index (χ1n) is 8.37. The average molecular weight is 381 g/mol. The maximum atomic E-state index is 5.46. The highest BCUT2D eigenvalue weighted by atomic mass is 32.2. The van der Waals surface area contributed by atoms with Crippen molar-refractivity contribution >= 4 is 40.5 Å². The van der Waals surface area contributed by atoms with Crippen molar-refractivity contribution in [3.8, 4) is 5.75 Å². The van der Waals surface area contributed by atoms with E-state index in [-0.39, 0.29) is 0 Å². The standard InChI is InChI=1S/C21H20N2OS2/c1-2-24-17-14-12-16(13-15-17)22-21(25)23-19-10-6-7-11-20(19)26-18-8-4-3-5-9-18/h3-15H,2H2,1H3,(H2,22,23,25). The van der Waals surface area contributed by atoms with Crippen molar-refractivity contribution in [1.29, 1.82) is 0 Å². The number of thiocarbonyl (C=S) groups is 1. The molecule has 3 rings (SSSR count). The molecule has 5 heteroatoms. The van der Waals surface area contributed by atoms with Crippen LogP contribution in [0.4, 0.5) is 11.4 Å². The molecule has 0 aromatic heterocycles. The van der Waals surface area contributed by atoms with Gasteiger partial charge in [-0.1, -0.05) is 42.1 Å². The van der Waals surface area contributed by atoms with Crippen LogP contribution < -0.4 is 15.4 Å². The van der Waals surface area contributed by atoms with Crippen molar-refractivity contribution in [3.05, 3.63) is 78.9 Å². The Morgan fingerprint density at radius 3 is 2.31 bits per heavy atom. The van der Waals surface area contributed by atoms with Gasteiger partial charge in [-0.05, 0) is 67.7 Å². The van der Waals surface area contributed by atoms with Crippen molar-refractivity contribution in [2.45, 2.75) is 16.7 Å². The lowest BCUT2D eigenvalue weighted by molar-refractivity contribution is 0.340. The molecule has 0 amide bonds. The molecule has 3 aromatic rings. The molecule has 132 valence electrons. The fourth-order valence-electron chi connectivity index (χ4n) is 2.36. The second-order valence-corrected chi connectivity index (χ2v) is 6.97. The van der Waals surface area contributed by atoms with Crippen molar-refractivity contribution in [1.82, 2.24) is 0 Å². The van der Waals surface area contributed by atoms with Gasteiger partial charge in [-0.3, -0.25) is 0 Å². The summed E-state index contributed by atoms with van der Waals surface area (Å²) in [4.78, 5) is 2.31. The van der Waals surface area contributed by atoms with Crippen LogP contribution >= 0.6 is 24.0 Å². The van der Waals surface area contributed by atoms with Gasteiger partial charge in [-0.15, -0.1) is 0 Å². The molecule has 0 heterocycles. The van der Waals surface area contributed by atoms with E-state index in [1.54, 1.807) is 11.8 Å². The molecule has 0 spiro atoms. The molecule has 0 bridgehead atoms. The van der Waals surface area contributed by atoms with E-state index in [1.807, 2.05) is 67.6 Å². The van der Waals surface area contributed by atoms with Crippen LogP contribution in [0.3, 0.4) is 0 Å². The van der Waals surface area contributed by atoms with Crippen LogP contribution in [0, 0.1) is 0 Å². The Bertz CT molecular complexity index is 851. The van der Waals surface area contributed by atoms with Gasteiger partial charge in [0.25, 0.3) is 0 Å². The van der Waals surface area contributed by atoms with E-state index in [9.17, 15) is 0 Å². The van der Waals surface area contributed by atoms with E-state index in [2.05, 4.69) is 28.8 Å². The number of anilines is 2. The summed E-state index contributed by atoms with van der Waals surface area (Å²) in [6.45, 7) is 2.62. The molecule has 0 fully saturated rings. The molecule has 3 aromatic carbocycles. The number of nitrogens with one attached hydrogen (secondary N) is 2. The number of benzene rings is 3. The van der Waals surface area contributed by atoms with Gasteiger partial charge < -0.3 is 15.4 Å². The number of hydrogen-bond donors (Lipinski definition) is 2. The highest BCUT2D eigenvalue weighted by Gasteiger charge is 2.06. The summed E-state index contributed by atoms with van der Waals surface area (Å²) in [5.41, 5.74) is 1.89. The molecule has 0 aliphatic heterocycles. The number of ether oxygens (including phenoxy) is 1. The van der Waals surface area contributed by atoms with Crippen LogP contribution in [0.2, 0.25) is 0 Å². The first-order chi connectivity index (χ1) is 12.7. The Hall–Kier alpha value is -2.50. The summed E-state index contributed by atoms with van der Waals surface area (Å²) < 4.78 is 5.45. The Kier molecular flexibility index (Phi) is 6.52. The lowest BCUT2D eigenvalue weighted by Crippen LogP contribution is -2.19. The predicted molar refractivity (Wildman–Crippen MR) is 114 cm³/mol. The summed E-state index contributed by atoms with van der Waals surface area (Å²) in [5.74, 6) is 0.849. The third kappa shape index (κ3) is 5.25. The van der Waals surface area contributed by atoms with Crippen molar-refractivity contribution < 1.29 is 4.74 Å². The minimum atomic E-state index is 0.551. The lowest BCUT2D eigenvalue weighted by Gasteiger charge is -2.14. The van der Waals surface area contributed by atoms with Crippen LogP contribution in [-0.4, -0.2) is 11.7 Å². The minimum absolute atomic E-state index is 0.551. The van der Waals surface area contributed by atoms with E-state index in [4.69, 9.17) is 17.0 Å². The van der Waals surface area contributed by atoms with Gasteiger partial charge in [0.05, 0.1) is 12.3 Å². The topological polar surface area (TPSA) is 33.3 Å². The molecule has 26 heavy (non-hydrogen) atoms. The molecule has 0 saturated heterocycles. The van der Waals surface area contributed by atoms with E-state index in [0.29, 0.717) is 11.7 Å². The second kappa shape index (κ2) is 9.27. The third-order valence-corrected chi connectivity index (χ3v) is 4.82. The van der Waals surface area contributed by atoms with Gasteiger partial charge in [-0.2, -0.15) is 0 Å². The van der Waals surface area contributed by atoms with Crippen molar-refractivity contribution in [3.63, 3.8) is 0 Å². The van der Waals surface area contributed by atoms with Crippen LogP contribution in [0.5, 0.6) is 5.75 Å². The summed E-state index contributed by atoms with van der Waals surface area (Å²) >= 11 is 7.17. The molecule has 0 aliphatic rings. The number of rotatable bonds is 6. The molecular formula is C21H20N2OS2. The lowest BCUT2D eigenvalue weighted by atomic mass is 10.3. The quantitative estimate of drug-likeness (QED) is 0.509. The Morgan fingerprint density at radius 1 is 0.885 bits per heavy atom. The smallest absolute Gasteiger partial charge is 0.175 e. The van der Waals surface area contributed by atoms with Crippen LogP contribution in [0.25, 0.3) is 0 Å². The molecule has 0 radical (unpaired) electrons. The molecule has 0 aliphatic carbocycles. The van der Waals surface area contributed by atoms with Gasteiger partial charge in [0.1, 0.15) is 5.75 Å². The SMILES string of the molecule is CCOc1ccc(NC(=S)Nc2ccccc2Sc2ccccc2)cc1. The number of para-hydroxylation sites is 1. The normalized spacial score (nSPS) is 10.2. The molecule has 0 unspecified atom stereocenters. The van der Waals surface area contributed by atoms with E-state index in [0.717, 1.165) is 22.0 Å². The number of hydrogen-bond acceptors (Lipinski definition) is 3. The maximum Gasteiger partial charge on any atom is 0.175 e. The zero-order valence-electron chi connectivity index (χ0n) is 14.4. The van der Waals surface area contributed by atoms with Gasteiger partial charge in [0.15, 0.2) is 5.11 Å². The summed E-state index contributed by atoms with van der Waals surface area (Å²) in [6.07, 6.45) is 0. The second-order valence-electron chi connectivity index (χ2n) is 5.45. The Labute approximate surface area is 163 Å². The zero-order chi connectivity index (χ0) is 18.2. The first kappa shape index (κ1) is 18.3. The third-order valence-electron chi connectivity index (χ3n) is 3.53. The fraction of sp³-hybridized carbons (Fsp3) is 0.0952. The van der Waals surface area contributed by atoms with Gasteiger partial charge in [0.2, 0.25) is 0 Å². The summed E-state index contributed by atoms with van der Waals surface area (Å²) in [5, 5.41) is 7.04. The highest BCUT2D eigenvalue weighted by molar-refractivity contribution is 7.99. The maximum absolute atomic E-state index is 5.46.